The van der Waals surface area contributed by atoms with Gasteiger partial charge in [-0.05, 0) is 31.6 Å². The van der Waals surface area contributed by atoms with E-state index in [0.717, 1.165) is 37.2 Å². The van der Waals surface area contributed by atoms with E-state index in [4.69, 9.17) is 0 Å². The van der Waals surface area contributed by atoms with Gasteiger partial charge in [-0.25, -0.2) is 0 Å². The third-order valence-electron chi connectivity index (χ3n) is 3.96. The molecule has 20 heavy (non-hydrogen) atoms. The van der Waals surface area contributed by atoms with E-state index in [0.29, 0.717) is 6.54 Å². The first-order valence-electron chi connectivity index (χ1n) is 7.54. The number of carbonyl (C=O) groups excluding carboxylic acids is 1. The zero-order chi connectivity index (χ0) is 14.7. The SMILES string of the molecule is CCn1cc(C(=O)N2CCCC(CO)C2)c(C(C)C)n1. The predicted molar refractivity (Wildman–Crippen MR) is 77.7 cm³/mol. The van der Waals surface area contributed by atoms with Gasteiger partial charge in [0, 0.05) is 32.4 Å². The van der Waals surface area contributed by atoms with Crippen LogP contribution in [0.25, 0.3) is 0 Å². The van der Waals surface area contributed by atoms with Crippen molar-refractivity contribution in [1.82, 2.24) is 14.7 Å². The largest absolute Gasteiger partial charge is 0.396 e. The quantitative estimate of drug-likeness (QED) is 0.915. The van der Waals surface area contributed by atoms with E-state index in [9.17, 15) is 9.90 Å². The molecule has 0 bridgehead atoms. The first-order chi connectivity index (χ1) is 9.56. The molecule has 112 valence electrons. The van der Waals surface area contributed by atoms with E-state index in [1.165, 1.54) is 0 Å². The molecule has 2 rings (SSSR count). The van der Waals surface area contributed by atoms with Gasteiger partial charge in [-0.2, -0.15) is 5.10 Å². The second-order valence-corrected chi connectivity index (χ2v) is 5.88. The first kappa shape index (κ1) is 15.0. The smallest absolute Gasteiger partial charge is 0.257 e. The van der Waals surface area contributed by atoms with Gasteiger partial charge < -0.3 is 10.0 Å². The molecule has 1 aromatic heterocycles. The van der Waals surface area contributed by atoms with Crippen LogP contribution < -0.4 is 0 Å². The van der Waals surface area contributed by atoms with Crippen LogP contribution >= 0.6 is 0 Å². The summed E-state index contributed by atoms with van der Waals surface area (Å²) in [6, 6.07) is 0. The number of amides is 1. The van der Waals surface area contributed by atoms with E-state index in [2.05, 4.69) is 18.9 Å². The van der Waals surface area contributed by atoms with Gasteiger partial charge in [-0.1, -0.05) is 13.8 Å². The lowest BCUT2D eigenvalue weighted by Gasteiger charge is -2.31. The second kappa shape index (κ2) is 6.39. The summed E-state index contributed by atoms with van der Waals surface area (Å²) in [5.74, 6) is 0.517. The molecule has 5 nitrogen and oxygen atoms in total. The van der Waals surface area contributed by atoms with Crippen molar-refractivity contribution in [3.8, 4) is 0 Å². The van der Waals surface area contributed by atoms with Crippen LogP contribution in [-0.2, 0) is 6.54 Å². The van der Waals surface area contributed by atoms with Crippen LogP contribution in [0.15, 0.2) is 6.20 Å². The summed E-state index contributed by atoms with van der Waals surface area (Å²) in [5, 5.41) is 13.8. The highest BCUT2D eigenvalue weighted by molar-refractivity contribution is 5.95. The van der Waals surface area contributed by atoms with Crippen molar-refractivity contribution in [1.29, 1.82) is 0 Å². The summed E-state index contributed by atoms with van der Waals surface area (Å²) >= 11 is 0. The molecule has 1 atom stereocenters. The Bertz CT molecular complexity index is 468. The number of hydrogen-bond acceptors (Lipinski definition) is 3. The molecular formula is C15H25N3O2. The Morgan fingerprint density at radius 3 is 2.90 bits per heavy atom. The third kappa shape index (κ3) is 3.03. The highest BCUT2D eigenvalue weighted by Crippen LogP contribution is 2.23. The van der Waals surface area contributed by atoms with Crippen LogP contribution in [0.4, 0.5) is 0 Å². The van der Waals surface area contributed by atoms with Crippen molar-refractivity contribution in [2.24, 2.45) is 5.92 Å². The first-order valence-corrected chi connectivity index (χ1v) is 7.54. The van der Waals surface area contributed by atoms with Gasteiger partial charge in [-0.3, -0.25) is 9.48 Å². The van der Waals surface area contributed by atoms with Crippen molar-refractivity contribution in [3.05, 3.63) is 17.5 Å². The average molecular weight is 279 g/mol. The molecule has 0 aromatic carbocycles. The molecule has 1 amide bonds. The van der Waals surface area contributed by atoms with Gasteiger partial charge in [0.2, 0.25) is 0 Å². The number of likely N-dealkylation sites (tertiary alicyclic amines) is 1. The molecule has 1 aromatic rings. The van der Waals surface area contributed by atoms with Crippen molar-refractivity contribution in [2.75, 3.05) is 19.7 Å². The predicted octanol–water partition coefficient (Wildman–Crippen LogP) is 1.87. The molecule has 1 aliphatic heterocycles. The van der Waals surface area contributed by atoms with Crippen molar-refractivity contribution in [3.63, 3.8) is 0 Å². The number of aryl methyl sites for hydroxylation is 1. The molecule has 1 N–H and O–H groups in total. The zero-order valence-corrected chi connectivity index (χ0v) is 12.7. The zero-order valence-electron chi connectivity index (χ0n) is 12.7. The topological polar surface area (TPSA) is 58.4 Å². The molecule has 2 heterocycles. The Morgan fingerprint density at radius 1 is 1.55 bits per heavy atom. The molecule has 0 saturated carbocycles. The van der Waals surface area contributed by atoms with Crippen LogP contribution in [0.2, 0.25) is 0 Å². The van der Waals surface area contributed by atoms with E-state index in [-0.39, 0.29) is 24.3 Å². The lowest BCUT2D eigenvalue weighted by atomic mass is 9.97. The van der Waals surface area contributed by atoms with Crippen LogP contribution in [-0.4, -0.2) is 45.4 Å². The van der Waals surface area contributed by atoms with Gasteiger partial charge in [0.25, 0.3) is 5.91 Å². The molecule has 0 spiro atoms. The Labute approximate surface area is 120 Å². The van der Waals surface area contributed by atoms with E-state index < -0.39 is 0 Å². The Hall–Kier alpha value is -1.36. The number of aliphatic hydroxyl groups is 1. The highest BCUT2D eigenvalue weighted by Gasteiger charge is 2.27. The summed E-state index contributed by atoms with van der Waals surface area (Å²) in [6.45, 7) is 8.52. The number of aromatic nitrogens is 2. The molecule has 1 aliphatic rings. The molecule has 1 unspecified atom stereocenters. The maximum absolute atomic E-state index is 12.7. The van der Waals surface area contributed by atoms with Gasteiger partial charge in [0.15, 0.2) is 0 Å². The van der Waals surface area contributed by atoms with E-state index in [1.54, 1.807) is 0 Å². The highest BCUT2D eigenvalue weighted by atomic mass is 16.3. The minimum Gasteiger partial charge on any atom is -0.396 e. The molecule has 1 saturated heterocycles. The van der Waals surface area contributed by atoms with Gasteiger partial charge in [0.1, 0.15) is 0 Å². The summed E-state index contributed by atoms with van der Waals surface area (Å²) in [6.07, 6.45) is 3.83. The fourth-order valence-electron chi connectivity index (χ4n) is 2.76. The number of rotatable bonds is 4. The lowest BCUT2D eigenvalue weighted by Crippen LogP contribution is -2.41. The second-order valence-electron chi connectivity index (χ2n) is 5.88. The fourth-order valence-corrected chi connectivity index (χ4v) is 2.76. The Kier molecular flexibility index (Phi) is 4.81. The third-order valence-corrected chi connectivity index (χ3v) is 3.96. The fraction of sp³-hybridized carbons (Fsp3) is 0.733. The normalized spacial score (nSPS) is 19.6. The monoisotopic (exact) mass is 279 g/mol. The number of hydrogen-bond donors (Lipinski definition) is 1. The summed E-state index contributed by atoms with van der Waals surface area (Å²) < 4.78 is 1.83. The summed E-state index contributed by atoms with van der Waals surface area (Å²) in [4.78, 5) is 14.6. The molecule has 5 heteroatoms. The van der Waals surface area contributed by atoms with Gasteiger partial charge >= 0.3 is 0 Å². The number of nitrogens with zero attached hydrogens (tertiary/aromatic N) is 3. The molecular weight excluding hydrogens is 254 g/mol. The van der Waals surface area contributed by atoms with Gasteiger partial charge in [0.05, 0.1) is 11.3 Å². The van der Waals surface area contributed by atoms with Crippen molar-refractivity contribution < 1.29 is 9.90 Å². The maximum Gasteiger partial charge on any atom is 0.257 e. The van der Waals surface area contributed by atoms with Crippen LogP contribution in [0.5, 0.6) is 0 Å². The van der Waals surface area contributed by atoms with Crippen molar-refractivity contribution >= 4 is 5.91 Å². The Balaban J connectivity index is 2.21. The number of carbonyl (C=O) groups is 1. The molecule has 1 fully saturated rings. The van der Waals surface area contributed by atoms with Gasteiger partial charge in [-0.15, -0.1) is 0 Å². The Morgan fingerprint density at radius 2 is 2.30 bits per heavy atom. The minimum absolute atomic E-state index is 0.0616. The van der Waals surface area contributed by atoms with E-state index >= 15 is 0 Å². The lowest BCUT2D eigenvalue weighted by molar-refractivity contribution is 0.0619. The standard InChI is InChI=1S/C15H25N3O2/c1-4-18-9-13(14(16-18)11(2)3)15(20)17-7-5-6-12(8-17)10-19/h9,11-12,19H,4-8,10H2,1-3H3. The number of piperidine rings is 1. The van der Waals surface area contributed by atoms with Crippen molar-refractivity contribution in [2.45, 2.75) is 46.1 Å². The van der Waals surface area contributed by atoms with Crippen LogP contribution in [0.1, 0.15) is 55.6 Å². The number of aliphatic hydroxyl groups excluding tert-OH is 1. The molecule has 0 radical (unpaired) electrons. The summed E-state index contributed by atoms with van der Waals surface area (Å²) in [7, 11) is 0. The maximum atomic E-state index is 12.7. The van der Waals surface area contributed by atoms with Crippen LogP contribution in [0.3, 0.4) is 0 Å². The van der Waals surface area contributed by atoms with Crippen LogP contribution in [0, 0.1) is 5.92 Å². The minimum atomic E-state index is 0.0616. The molecule has 0 aliphatic carbocycles. The average Bonchev–Trinajstić information content (AvgIpc) is 2.91. The summed E-state index contributed by atoms with van der Waals surface area (Å²) in [5.41, 5.74) is 1.60. The van der Waals surface area contributed by atoms with E-state index in [1.807, 2.05) is 22.7 Å².